The minimum absolute atomic E-state index is 0.0135. The second-order valence-corrected chi connectivity index (χ2v) is 23.2. The highest BCUT2D eigenvalue weighted by atomic mass is 35.5. The van der Waals surface area contributed by atoms with Crippen LogP contribution in [0, 0.1) is 6.92 Å². The largest absolute Gasteiger partial charge is 0.374 e. The van der Waals surface area contributed by atoms with Crippen LogP contribution >= 0.6 is 11.6 Å². The number of aliphatic imine (C=N–C) groups is 1. The molecule has 2 fully saturated rings. The van der Waals surface area contributed by atoms with Crippen LogP contribution in [0.3, 0.4) is 0 Å². The van der Waals surface area contributed by atoms with E-state index < -0.39 is 23.6 Å². The zero-order valence-corrected chi connectivity index (χ0v) is 33.1. The van der Waals surface area contributed by atoms with Crippen molar-refractivity contribution in [3.63, 3.8) is 0 Å². The molecule has 3 aliphatic rings. The summed E-state index contributed by atoms with van der Waals surface area (Å²) in [5, 5.41) is 4.15. The predicted octanol–water partition coefficient (Wildman–Crippen LogP) is 8.73. The molecule has 51 heavy (non-hydrogen) atoms. The molecule has 0 saturated heterocycles. The van der Waals surface area contributed by atoms with Gasteiger partial charge in [-0.05, 0) is 67.8 Å². The number of sulfonamides is 1. The van der Waals surface area contributed by atoms with Gasteiger partial charge in [-0.3, -0.25) is 14.7 Å². The number of aromatic nitrogens is 1. The number of halogens is 1. The molecule has 0 atom stereocenters. The van der Waals surface area contributed by atoms with Crippen molar-refractivity contribution in [1.29, 1.82) is 0 Å². The third-order valence-corrected chi connectivity index (χ3v) is 13.9. The van der Waals surface area contributed by atoms with Crippen LogP contribution in [0.4, 0.5) is 5.82 Å². The molecule has 2 aromatic carbocycles. The highest BCUT2D eigenvalue weighted by molar-refractivity contribution is 7.93. The number of aryl methyl sites for hydroxylation is 1. The summed E-state index contributed by atoms with van der Waals surface area (Å²) in [5.74, 6) is 1.29. The van der Waals surface area contributed by atoms with Gasteiger partial charge in [0, 0.05) is 26.7 Å². The third kappa shape index (κ3) is 8.46. The quantitative estimate of drug-likeness (QED) is 0.0769. The number of carbonyl (C=O) groups is 1. The van der Waals surface area contributed by atoms with Crippen LogP contribution in [0.1, 0.15) is 81.6 Å². The van der Waals surface area contributed by atoms with Crippen LogP contribution in [0.25, 0.3) is 11.1 Å². The topological polar surface area (TPSA) is 115 Å². The number of unbranched alkanes of at least 4 members (excludes halogenated alkanes) is 1. The number of ether oxygens (including phenoxy) is 2. The first-order valence-electron chi connectivity index (χ1n) is 18.3. The van der Waals surface area contributed by atoms with Crippen LogP contribution in [0.2, 0.25) is 30.7 Å². The van der Waals surface area contributed by atoms with Crippen molar-refractivity contribution in [2.45, 2.75) is 127 Å². The monoisotopic (exact) mass is 754 g/mol. The number of benzene rings is 2. The molecular formula is C38H51ClN4O6SSi. The van der Waals surface area contributed by atoms with Crippen molar-refractivity contribution in [2.75, 3.05) is 17.6 Å². The van der Waals surface area contributed by atoms with Crippen molar-refractivity contribution < 1.29 is 27.2 Å². The van der Waals surface area contributed by atoms with Crippen LogP contribution in [0.15, 0.2) is 56.9 Å². The fourth-order valence-corrected chi connectivity index (χ4v) is 9.25. The minimum Gasteiger partial charge on any atom is -0.374 e. The van der Waals surface area contributed by atoms with Crippen molar-refractivity contribution in [3.05, 3.63) is 64.4 Å². The first kappa shape index (κ1) is 37.7. The van der Waals surface area contributed by atoms with E-state index in [9.17, 15) is 13.2 Å². The molecule has 1 aromatic heterocycles. The van der Waals surface area contributed by atoms with Crippen molar-refractivity contribution in [1.82, 2.24) is 10.1 Å². The molecule has 0 N–H and O–H groups in total. The Morgan fingerprint density at radius 1 is 1.10 bits per heavy atom. The van der Waals surface area contributed by atoms with Crippen LogP contribution < -0.4 is 4.31 Å². The summed E-state index contributed by atoms with van der Waals surface area (Å²) in [4.78, 5) is 20.9. The lowest BCUT2D eigenvalue weighted by Crippen LogP contribution is -2.40. The second-order valence-electron chi connectivity index (χ2n) is 15.3. The normalized spacial score (nSPS) is 17.5. The predicted molar refractivity (Wildman–Crippen MR) is 203 cm³/mol. The molecule has 0 bridgehead atoms. The number of carbonyl (C=O) groups excluding carboxylic acids is 1. The molecule has 2 aliphatic carbocycles. The number of anilines is 1. The third-order valence-electron chi connectivity index (χ3n) is 9.95. The van der Waals surface area contributed by atoms with Gasteiger partial charge in [0.25, 0.3) is 15.9 Å². The summed E-state index contributed by atoms with van der Waals surface area (Å²) in [6.07, 6.45) is 8.64. The maximum Gasteiger partial charge on any atom is 0.268 e. The summed E-state index contributed by atoms with van der Waals surface area (Å²) >= 11 is 6.55. The maximum absolute atomic E-state index is 14.7. The number of hydrogen-bond acceptors (Lipinski definition) is 8. The van der Waals surface area contributed by atoms with E-state index in [1.54, 1.807) is 19.1 Å². The van der Waals surface area contributed by atoms with Gasteiger partial charge < -0.3 is 14.0 Å². The van der Waals surface area contributed by atoms with E-state index in [1.165, 1.54) is 0 Å². The van der Waals surface area contributed by atoms with Crippen molar-refractivity contribution in [3.8, 4) is 11.1 Å². The minimum atomic E-state index is -4.26. The molecule has 13 heteroatoms. The number of amidine groups is 1. The maximum atomic E-state index is 14.7. The molecule has 3 aromatic rings. The van der Waals surface area contributed by atoms with E-state index in [0.29, 0.717) is 31.1 Å². The van der Waals surface area contributed by atoms with E-state index in [0.717, 1.165) is 90.7 Å². The Bertz CT molecular complexity index is 1860. The van der Waals surface area contributed by atoms with E-state index in [2.05, 4.69) is 37.8 Å². The lowest BCUT2D eigenvalue weighted by atomic mass is 9.96. The van der Waals surface area contributed by atoms with Crippen molar-refractivity contribution >= 4 is 47.3 Å². The second kappa shape index (κ2) is 15.5. The molecule has 10 nitrogen and oxygen atoms in total. The molecule has 0 radical (unpaired) electrons. The molecule has 0 unspecified atom stereocenters. The van der Waals surface area contributed by atoms with Gasteiger partial charge in [0.15, 0.2) is 5.76 Å². The van der Waals surface area contributed by atoms with Gasteiger partial charge in [-0.15, -0.1) is 0 Å². The number of amides is 1. The summed E-state index contributed by atoms with van der Waals surface area (Å²) in [6.45, 7) is 11.4. The number of nitrogens with zero attached hydrogens (tertiary/aromatic N) is 4. The van der Waals surface area contributed by atoms with Gasteiger partial charge in [-0.2, -0.15) is 0 Å². The first-order chi connectivity index (χ1) is 24.3. The SMILES string of the molecule is CCCCC1=NC2(CCCC2)C(=O)N1Cc1ccc(-c2ccccc2S(=O)(=O)N(COCC[Si](C)(C)C)c2noc(C)c2Cl)c(COC2CC2)c1. The van der Waals surface area contributed by atoms with Gasteiger partial charge >= 0.3 is 0 Å². The van der Waals surface area contributed by atoms with Gasteiger partial charge in [0.05, 0.1) is 24.2 Å². The summed E-state index contributed by atoms with van der Waals surface area (Å²) in [7, 11) is -5.68. The Hall–Kier alpha value is -3.03. The smallest absolute Gasteiger partial charge is 0.268 e. The fourth-order valence-electron chi connectivity index (χ4n) is 6.76. The summed E-state index contributed by atoms with van der Waals surface area (Å²) < 4.78 is 48.0. The van der Waals surface area contributed by atoms with E-state index in [-0.39, 0.29) is 34.5 Å². The van der Waals surface area contributed by atoms with Crippen LogP contribution in [-0.2, 0) is 37.4 Å². The van der Waals surface area contributed by atoms with E-state index in [4.69, 9.17) is 30.6 Å². The molecule has 1 amide bonds. The molecule has 1 aliphatic heterocycles. The number of rotatable bonds is 17. The van der Waals surface area contributed by atoms with Gasteiger partial charge in [-0.25, -0.2) is 12.7 Å². The van der Waals surface area contributed by atoms with Crippen molar-refractivity contribution in [2.24, 2.45) is 4.99 Å². The Morgan fingerprint density at radius 3 is 2.51 bits per heavy atom. The Labute approximate surface area is 308 Å². The zero-order chi connectivity index (χ0) is 36.4. The summed E-state index contributed by atoms with van der Waals surface area (Å²) in [5.41, 5.74) is 2.45. The molecule has 276 valence electrons. The average Bonchev–Trinajstić information content (AvgIpc) is 3.63. The average molecular weight is 755 g/mol. The van der Waals surface area contributed by atoms with Gasteiger partial charge in [-0.1, -0.05) is 99.0 Å². The molecule has 1 spiro atoms. The highest BCUT2D eigenvalue weighted by Gasteiger charge is 2.49. The lowest BCUT2D eigenvalue weighted by molar-refractivity contribution is -0.131. The molecule has 2 heterocycles. The first-order valence-corrected chi connectivity index (χ1v) is 23.8. The lowest BCUT2D eigenvalue weighted by Gasteiger charge is -2.25. The molecular weight excluding hydrogens is 704 g/mol. The zero-order valence-electron chi connectivity index (χ0n) is 30.5. The van der Waals surface area contributed by atoms with E-state index in [1.807, 2.05) is 29.2 Å². The Balaban J connectivity index is 1.35. The van der Waals surface area contributed by atoms with Gasteiger partial charge in [0.1, 0.15) is 23.1 Å². The molecule has 6 rings (SSSR count). The standard InChI is InChI=1S/C38H51ClN4O6SSi/c1-6-7-14-34-40-38(19-10-11-20-38)37(44)42(34)24-28-15-18-31(29(23-28)25-48-30-16-17-30)32-12-8-9-13-33(32)50(45,46)43(26-47-21-22-51(3,4)5)36-35(39)27(2)49-41-36/h8-9,12-13,15,18,23,30H,6-7,10-11,14,16-17,19-22,24-26H2,1-5H3. The summed E-state index contributed by atoms with van der Waals surface area (Å²) in [6, 6.07) is 13.8. The Kier molecular flexibility index (Phi) is 11.5. The van der Waals surface area contributed by atoms with Crippen LogP contribution in [-0.4, -0.2) is 63.3 Å². The Morgan fingerprint density at radius 2 is 1.84 bits per heavy atom. The van der Waals surface area contributed by atoms with Crippen LogP contribution in [0.5, 0.6) is 0 Å². The number of hydrogen-bond donors (Lipinski definition) is 0. The fraction of sp³-hybridized carbons (Fsp3) is 0.553. The van der Waals surface area contributed by atoms with E-state index >= 15 is 0 Å². The highest BCUT2D eigenvalue weighted by Crippen LogP contribution is 2.41. The molecule has 2 saturated carbocycles. The van der Waals surface area contributed by atoms with Gasteiger partial charge in [0.2, 0.25) is 5.82 Å².